The summed E-state index contributed by atoms with van der Waals surface area (Å²) in [5.41, 5.74) is 1.53. The van der Waals surface area contributed by atoms with Crippen molar-refractivity contribution in [1.29, 1.82) is 0 Å². The number of allylic oxidation sites excluding steroid dienone is 1. The van der Waals surface area contributed by atoms with E-state index >= 15 is 0 Å². The molecule has 0 bridgehead atoms. The molecule has 5 nitrogen and oxygen atoms in total. The Morgan fingerprint density at radius 1 is 1.37 bits per heavy atom. The van der Waals surface area contributed by atoms with Gasteiger partial charge in [-0.25, -0.2) is 4.79 Å². The van der Waals surface area contributed by atoms with Crippen molar-refractivity contribution in [2.75, 3.05) is 0 Å². The van der Waals surface area contributed by atoms with Gasteiger partial charge in [0.05, 0.1) is 4.92 Å². The van der Waals surface area contributed by atoms with Crippen molar-refractivity contribution in [3.05, 3.63) is 45.5 Å². The fourth-order valence-electron chi connectivity index (χ4n) is 1.84. The standard InChI is InChI=1S/C14H17NO4/c1-9-5-6-10(15(18)19)7-11(9)12(8-13(16)17)14(2,3)4/h5-8H,1-4H3,(H,16,17)/b12-8-. The molecule has 0 radical (unpaired) electrons. The number of carboxylic acid groups (broad SMARTS) is 1. The van der Waals surface area contributed by atoms with Crippen molar-refractivity contribution >= 4 is 17.2 Å². The quantitative estimate of drug-likeness (QED) is 0.514. The Bertz CT molecular complexity index is 553. The molecule has 0 aliphatic rings. The van der Waals surface area contributed by atoms with E-state index in [0.717, 1.165) is 11.6 Å². The molecule has 0 aliphatic carbocycles. The topological polar surface area (TPSA) is 80.4 Å². The zero-order chi connectivity index (χ0) is 14.8. The number of aryl methyl sites for hydroxylation is 1. The Morgan fingerprint density at radius 3 is 2.37 bits per heavy atom. The van der Waals surface area contributed by atoms with Crippen LogP contribution in [0.5, 0.6) is 0 Å². The summed E-state index contributed by atoms with van der Waals surface area (Å²) in [6, 6.07) is 4.48. The molecule has 0 aliphatic heterocycles. The van der Waals surface area contributed by atoms with Crippen LogP contribution >= 0.6 is 0 Å². The summed E-state index contributed by atoms with van der Waals surface area (Å²) < 4.78 is 0. The predicted octanol–water partition coefficient (Wildman–Crippen LogP) is 3.42. The molecule has 5 heteroatoms. The Kier molecular flexibility index (Phi) is 4.09. The summed E-state index contributed by atoms with van der Waals surface area (Å²) in [5.74, 6) is -1.06. The molecule has 0 fully saturated rings. The largest absolute Gasteiger partial charge is 0.478 e. The Balaban J connectivity index is 3.51. The Hall–Kier alpha value is -2.17. The van der Waals surface area contributed by atoms with E-state index in [1.807, 2.05) is 20.8 Å². The van der Waals surface area contributed by atoms with Crippen LogP contribution in [0.4, 0.5) is 5.69 Å². The first kappa shape index (κ1) is 14.9. The van der Waals surface area contributed by atoms with Gasteiger partial charge in [-0.1, -0.05) is 26.8 Å². The lowest BCUT2D eigenvalue weighted by atomic mass is 9.80. The van der Waals surface area contributed by atoms with Crippen LogP contribution in [-0.4, -0.2) is 16.0 Å². The van der Waals surface area contributed by atoms with Crippen molar-refractivity contribution in [3.63, 3.8) is 0 Å². The highest BCUT2D eigenvalue weighted by atomic mass is 16.6. The molecular formula is C14H17NO4. The van der Waals surface area contributed by atoms with Crippen molar-refractivity contribution in [2.45, 2.75) is 27.7 Å². The molecule has 1 rings (SSSR count). The van der Waals surface area contributed by atoms with Crippen molar-refractivity contribution < 1.29 is 14.8 Å². The molecule has 0 aromatic heterocycles. The molecule has 0 saturated heterocycles. The number of nitro benzene ring substituents is 1. The molecular weight excluding hydrogens is 246 g/mol. The fraction of sp³-hybridized carbons (Fsp3) is 0.357. The first-order valence-corrected chi connectivity index (χ1v) is 5.83. The van der Waals surface area contributed by atoms with Gasteiger partial charge in [-0.3, -0.25) is 10.1 Å². The minimum atomic E-state index is -1.06. The highest BCUT2D eigenvalue weighted by Crippen LogP contribution is 2.36. The van der Waals surface area contributed by atoms with Gasteiger partial charge in [0.1, 0.15) is 0 Å². The molecule has 0 saturated carbocycles. The molecule has 0 atom stereocenters. The molecule has 0 amide bonds. The van der Waals surface area contributed by atoms with Crippen LogP contribution < -0.4 is 0 Å². The number of nitro groups is 1. The predicted molar refractivity (Wildman–Crippen MR) is 72.9 cm³/mol. The number of carbonyl (C=O) groups is 1. The third-order valence-electron chi connectivity index (χ3n) is 2.80. The lowest BCUT2D eigenvalue weighted by Crippen LogP contribution is -2.11. The molecule has 1 aromatic carbocycles. The summed E-state index contributed by atoms with van der Waals surface area (Å²) in [6.07, 6.45) is 1.12. The van der Waals surface area contributed by atoms with E-state index in [2.05, 4.69) is 0 Å². The highest BCUT2D eigenvalue weighted by Gasteiger charge is 2.23. The SMILES string of the molecule is Cc1ccc([N+](=O)[O-])cc1/C(=C/C(=O)O)C(C)(C)C. The van der Waals surface area contributed by atoms with Gasteiger partial charge in [0.2, 0.25) is 0 Å². The van der Waals surface area contributed by atoms with Crippen molar-refractivity contribution in [2.24, 2.45) is 5.41 Å². The molecule has 1 aromatic rings. The maximum Gasteiger partial charge on any atom is 0.328 e. The summed E-state index contributed by atoms with van der Waals surface area (Å²) in [4.78, 5) is 21.3. The van der Waals surface area contributed by atoms with E-state index in [4.69, 9.17) is 5.11 Å². The van der Waals surface area contributed by atoms with Gasteiger partial charge in [-0.05, 0) is 29.0 Å². The van der Waals surface area contributed by atoms with E-state index in [1.54, 1.807) is 13.0 Å². The normalized spacial score (nSPS) is 12.3. The van der Waals surface area contributed by atoms with Gasteiger partial charge in [-0.2, -0.15) is 0 Å². The van der Waals surface area contributed by atoms with Gasteiger partial charge < -0.3 is 5.11 Å². The fourth-order valence-corrected chi connectivity index (χ4v) is 1.84. The second-order valence-electron chi connectivity index (χ2n) is 5.40. The molecule has 0 unspecified atom stereocenters. The molecule has 19 heavy (non-hydrogen) atoms. The average molecular weight is 263 g/mol. The van der Waals surface area contributed by atoms with E-state index in [0.29, 0.717) is 11.1 Å². The number of hydrogen-bond acceptors (Lipinski definition) is 3. The van der Waals surface area contributed by atoms with Crippen molar-refractivity contribution in [1.82, 2.24) is 0 Å². The monoisotopic (exact) mass is 263 g/mol. The number of carboxylic acids is 1. The smallest absolute Gasteiger partial charge is 0.328 e. The first-order chi connectivity index (χ1) is 8.62. The van der Waals surface area contributed by atoms with E-state index in [9.17, 15) is 14.9 Å². The summed E-state index contributed by atoms with van der Waals surface area (Å²) >= 11 is 0. The molecule has 102 valence electrons. The lowest BCUT2D eigenvalue weighted by molar-refractivity contribution is -0.384. The van der Waals surface area contributed by atoms with Gasteiger partial charge in [-0.15, -0.1) is 0 Å². The van der Waals surface area contributed by atoms with Gasteiger partial charge in [0.25, 0.3) is 5.69 Å². The third kappa shape index (κ3) is 3.64. The van der Waals surface area contributed by atoms with Crippen LogP contribution in [0.3, 0.4) is 0 Å². The van der Waals surface area contributed by atoms with E-state index < -0.39 is 16.3 Å². The Labute approximate surface area is 111 Å². The number of non-ortho nitro benzene ring substituents is 1. The van der Waals surface area contributed by atoms with E-state index in [1.165, 1.54) is 12.1 Å². The van der Waals surface area contributed by atoms with Crippen LogP contribution in [0.1, 0.15) is 31.9 Å². The summed E-state index contributed by atoms with van der Waals surface area (Å²) in [6.45, 7) is 7.43. The molecule has 0 heterocycles. The number of nitrogens with zero attached hydrogens (tertiary/aromatic N) is 1. The van der Waals surface area contributed by atoms with Crippen LogP contribution in [0.2, 0.25) is 0 Å². The number of aliphatic carboxylic acids is 1. The maximum absolute atomic E-state index is 10.9. The molecule has 1 N–H and O–H groups in total. The van der Waals surface area contributed by atoms with Crippen LogP contribution in [0.15, 0.2) is 24.3 Å². The number of rotatable bonds is 3. The average Bonchev–Trinajstić information content (AvgIpc) is 2.25. The zero-order valence-corrected chi connectivity index (χ0v) is 11.4. The van der Waals surface area contributed by atoms with Crippen molar-refractivity contribution in [3.8, 4) is 0 Å². The van der Waals surface area contributed by atoms with Gasteiger partial charge >= 0.3 is 5.97 Å². The first-order valence-electron chi connectivity index (χ1n) is 5.83. The Morgan fingerprint density at radius 2 is 1.95 bits per heavy atom. The van der Waals surface area contributed by atoms with Gasteiger partial charge in [0, 0.05) is 18.2 Å². The minimum Gasteiger partial charge on any atom is -0.478 e. The maximum atomic E-state index is 10.9. The van der Waals surface area contributed by atoms with Crippen LogP contribution in [-0.2, 0) is 4.79 Å². The lowest BCUT2D eigenvalue weighted by Gasteiger charge is -2.24. The second-order valence-corrected chi connectivity index (χ2v) is 5.40. The summed E-state index contributed by atoms with van der Waals surface area (Å²) in [7, 11) is 0. The number of hydrogen-bond donors (Lipinski definition) is 1. The summed E-state index contributed by atoms with van der Waals surface area (Å²) in [5, 5.41) is 19.8. The highest BCUT2D eigenvalue weighted by molar-refractivity contribution is 5.92. The minimum absolute atomic E-state index is 0.0406. The third-order valence-corrected chi connectivity index (χ3v) is 2.80. The van der Waals surface area contributed by atoms with Crippen LogP contribution in [0, 0.1) is 22.5 Å². The van der Waals surface area contributed by atoms with Crippen LogP contribution in [0.25, 0.3) is 5.57 Å². The van der Waals surface area contributed by atoms with Gasteiger partial charge in [0.15, 0.2) is 0 Å². The van der Waals surface area contributed by atoms with E-state index in [-0.39, 0.29) is 5.69 Å². The number of benzene rings is 1. The molecule has 0 spiro atoms. The second kappa shape index (κ2) is 5.22. The zero-order valence-electron chi connectivity index (χ0n) is 11.4.